The van der Waals surface area contributed by atoms with Gasteiger partial charge in [0.15, 0.2) is 12.0 Å². The van der Waals surface area contributed by atoms with E-state index in [2.05, 4.69) is 15.9 Å². The number of nitrogens with zero attached hydrogens (tertiary/aromatic N) is 1. The van der Waals surface area contributed by atoms with Gasteiger partial charge in [-0.2, -0.15) is 0 Å². The first-order valence-electron chi connectivity index (χ1n) is 5.21. The fraction of sp³-hybridized carbons (Fsp3) is 0.0833. The van der Waals surface area contributed by atoms with Crippen molar-refractivity contribution in [3.63, 3.8) is 0 Å². The highest BCUT2D eigenvalue weighted by atomic mass is 79.9. The molecule has 7 heteroatoms. The fourth-order valence-corrected chi connectivity index (χ4v) is 1.96. The number of carbonyl (C=O) groups excluding carboxylic acids is 1. The number of aldehydes is 1. The van der Waals surface area contributed by atoms with E-state index in [9.17, 15) is 14.9 Å². The van der Waals surface area contributed by atoms with Crippen molar-refractivity contribution < 1.29 is 18.9 Å². The largest absolute Gasteiger partial charge is 0.484 e. The van der Waals surface area contributed by atoms with E-state index in [4.69, 9.17) is 9.15 Å². The molecule has 0 amide bonds. The molecule has 0 spiro atoms. The molecule has 0 atom stereocenters. The summed E-state index contributed by atoms with van der Waals surface area (Å²) in [5, 5.41) is 10.8. The first-order chi connectivity index (χ1) is 9.11. The number of benzene rings is 1. The molecule has 1 aromatic carbocycles. The second-order valence-electron chi connectivity index (χ2n) is 3.56. The third-order valence-corrected chi connectivity index (χ3v) is 3.11. The van der Waals surface area contributed by atoms with Crippen LogP contribution in [-0.4, -0.2) is 11.2 Å². The highest BCUT2D eigenvalue weighted by Crippen LogP contribution is 2.34. The van der Waals surface area contributed by atoms with Gasteiger partial charge in [0.25, 0.3) is 5.69 Å². The van der Waals surface area contributed by atoms with Crippen molar-refractivity contribution in [1.82, 2.24) is 0 Å². The summed E-state index contributed by atoms with van der Waals surface area (Å²) < 4.78 is 10.8. The van der Waals surface area contributed by atoms with Crippen LogP contribution in [0.15, 0.2) is 39.2 Å². The van der Waals surface area contributed by atoms with Crippen molar-refractivity contribution in [3.8, 4) is 5.75 Å². The van der Waals surface area contributed by atoms with E-state index in [0.717, 1.165) is 0 Å². The lowest BCUT2D eigenvalue weighted by Crippen LogP contribution is -1.97. The third-order valence-electron chi connectivity index (χ3n) is 2.31. The molecule has 0 bridgehead atoms. The molecule has 98 valence electrons. The molecule has 0 radical (unpaired) electrons. The third kappa shape index (κ3) is 3.00. The van der Waals surface area contributed by atoms with Gasteiger partial charge in [-0.05, 0) is 34.1 Å². The molecule has 0 aliphatic heterocycles. The second kappa shape index (κ2) is 5.66. The Morgan fingerprint density at radius 1 is 1.37 bits per heavy atom. The number of rotatable bonds is 5. The van der Waals surface area contributed by atoms with E-state index < -0.39 is 4.92 Å². The minimum atomic E-state index is -0.506. The minimum Gasteiger partial charge on any atom is -0.484 e. The molecule has 1 aromatic heterocycles. The van der Waals surface area contributed by atoms with Crippen molar-refractivity contribution in [2.24, 2.45) is 0 Å². The van der Waals surface area contributed by atoms with Crippen LogP contribution < -0.4 is 4.74 Å². The summed E-state index contributed by atoms with van der Waals surface area (Å²) in [6.07, 6.45) is 0.590. The van der Waals surface area contributed by atoms with Gasteiger partial charge in [-0.15, -0.1) is 0 Å². The van der Waals surface area contributed by atoms with Crippen LogP contribution >= 0.6 is 15.9 Å². The van der Waals surface area contributed by atoms with E-state index in [-0.39, 0.29) is 22.5 Å². The van der Waals surface area contributed by atoms with Crippen molar-refractivity contribution in [2.75, 3.05) is 0 Å². The van der Waals surface area contributed by atoms with E-state index in [1.54, 1.807) is 12.1 Å². The molecule has 6 nitrogen and oxygen atoms in total. The molecule has 0 saturated carbocycles. The Morgan fingerprint density at radius 3 is 2.79 bits per heavy atom. The number of hydrogen-bond acceptors (Lipinski definition) is 5. The van der Waals surface area contributed by atoms with Crippen LogP contribution in [0.25, 0.3) is 0 Å². The number of hydrogen-bond donors (Lipinski definition) is 0. The summed E-state index contributed by atoms with van der Waals surface area (Å²) >= 11 is 3.12. The Bertz CT molecular complexity index is 622. The summed E-state index contributed by atoms with van der Waals surface area (Å²) in [5.41, 5.74) is -0.0782. The fourth-order valence-electron chi connectivity index (χ4n) is 1.44. The Balaban J connectivity index is 2.13. The summed E-state index contributed by atoms with van der Waals surface area (Å²) in [6, 6.07) is 7.62. The maximum atomic E-state index is 10.8. The van der Waals surface area contributed by atoms with Gasteiger partial charge >= 0.3 is 0 Å². The molecule has 2 aromatic rings. The highest BCUT2D eigenvalue weighted by Gasteiger charge is 2.16. The van der Waals surface area contributed by atoms with Crippen LogP contribution in [0.1, 0.15) is 16.3 Å². The predicted octanol–water partition coefficient (Wildman–Crippen LogP) is 3.34. The van der Waals surface area contributed by atoms with E-state index >= 15 is 0 Å². The normalized spacial score (nSPS) is 10.2. The number of carbonyl (C=O) groups is 1. The lowest BCUT2D eigenvalue weighted by Gasteiger charge is -2.06. The lowest BCUT2D eigenvalue weighted by molar-refractivity contribution is -0.385. The summed E-state index contributed by atoms with van der Waals surface area (Å²) in [7, 11) is 0. The Kier molecular flexibility index (Phi) is 3.96. The highest BCUT2D eigenvalue weighted by molar-refractivity contribution is 9.10. The van der Waals surface area contributed by atoms with Gasteiger partial charge in [0.05, 0.1) is 4.92 Å². The van der Waals surface area contributed by atoms with Gasteiger partial charge < -0.3 is 9.15 Å². The van der Waals surface area contributed by atoms with Crippen molar-refractivity contribution >= 4 is 27.9 Å². The monoisotopic (exact) mass is 325 g/mol. The quantitative estimate of drug-likeness (QED) is 0.478. The van der Waals surface area contributed by atoms with Gasteiger partial charge in [-0.25, -0.2) is 0 Å². The smallest absolute Gasteiger partial charge is 0.287 e. The maximum Gasteiger partial charge on any atom is 0.287 e. The number of ether oxygens (including phenoxy) is 1. The Morgan fingerprint density at radius 2 is 2.16 bits per heavy atom. The van der Waals surface area contributed by atoms with Gasteiger partial charge in [0.2, 0.25) is 0 Å². The van der Waals surface area contributed by atoms with Crippen LogP contribution in [0.5, 0.6) is 5.75 Å². The van der Waals surface area contributed by atoms with Gasteiger partial charge in [0, 0.05) is 6.07 Å². The zero-order valence-corrected chi connectivity index (χ0v) is 11.1. The van der Waals surface area contributed by atoms with Crippen LogP contribution in [-0.2, 0) is 6.61 Å². The predicted molar refractivity (Wildman–Crippen MR) is 69.2 cm³/mol. The first-order valence-corrected chi connectivity index (χ1v) is 6.00. The molecule has 1 heterocycles. The summed E-state index contributed by atoms with van der Waals surface area (Å²) in [5.74, 6) is 0.996. The van der Waals surface area contributed by atoms with Crippen LogP contribution in [0.4, 0.5) is 5.69 Å². The zero-order chi connectivity index (χ0) is 13.8. The molecule has 0 saturated heterocycles. The molecule has 0 aliphatic carbocycles. The van der Waals surface area contributed by atoms with E-state index in [1.165, 1.54) is 18.2 Å². The number of nitro benzene ring substituents is 1. The average Bonchev–Trinajstić information content (AvgIpc) is 2.85. The summed E-state index contributed by atoms with van der Waals surface area (Å²) in [4.78, 5) is 20.7. The van der Waals surface area contributed by atoms with Crippen LogP contribution in [0, 0.1) is 10.1 Å². The van der Waals surface area contributed by atoms with Crippen molar-refractivity contribution in [3.05, 3.63) is 56.4 Å². The Labute approximate surface area is 116 Å². The maximum absolute atomic E-state index is 10.8. The average molecular weight is 326 g/mol. The SMILES string of the molecule is O=Cc1ccc(COc2cccc([N+](=O)[O-])c2Br)o1. The molecule has 0 fully saturated rings. The second-order valence-corrected chi connectivity index (χ2v) is 4.35. The standard InChI is InChI=1S/C12H8BrNO5/c13-12-10(14(16)17)2-1-3-11(12)18-7-9-5-4-8(6-15)19-9/h1-6H,7H2. The lowest BCUT2D eigenvalue weighted by atomic mass is 10.3. The van der Waals surface area contributed by atoms with Crippen LogP contribution in [0.2, 0.25) is 0 Å². The number of nitro groups is 1. The van der Waals surface area contributed by atoms with Crippen LogP contribution in [0.3, 0.4) is 0 Å². The minimum absolute atomic E-state index is 0.0770. The van der Waals surface area contributed by atoms with Crippen molar-refractivity contribution in [2.45, 2.75) is 6.61 Å². The van der Waals surface area contributed by atoms with Crippen molar-refractivity contribution in [1.29, 1.82) is 0 Å². The first kappa shape index (κ1) is 13.3. The zero-order valence-electron chi connectivity index (χ0n) is 9.54. The number of halogens is 1. The van der Waals surface area contributed by atoms with Gasteiger partial charge in [-0.1, -0.05) is 6.07 Å². The molecule has 0 unspecified atom stereocenters. The molecule has 0 N–H and O–H groups in total. The van der Waals surface area contributed by atoms with Gasteiger partial charge in [-0.3, -0.25) is 14.9 Å². The molecular formula is C12H8BrNO5. The molecule has 0 aliphatic rings. The van der Waals surface area contributed by atoms with E-state index in [0.29, 0.717) is 17.8 Å². The molecule has 19 heavy (non-hydrogen) atoms. The molecule has 2 rings (SSSR count). The molecular weight excluding hydrogens is 318 g/mol. The summed E-state index contributed by atoms with van der Waals surface area (Å²) in [6.45, 7) is 0.0770. The topological polar surface area (TPSA) is 82.6 Å². The Hall–Kier alpha value is -2.15. The number of furan rings is 1. The van der Waals surface area contributed by atoms with Gasteiger partial charge in [0.1, 0.15) is 22.6 Å². The van der Waals surface area contributed by atoms with E-state index in [1.807, 2.05) is 0 Å².